The molecule has 0 bridgehead atoms. The first-order valence-electron chi connectivity index (χ1n) is 18.7. The first-order valence-corrected chi connectivity index (χ1v) is 19.5. The van der Waals surface area contributed by atoms with Crippen molar-refractivity contribution < 1.29 is 0 Å². The Kier molecular flexibility index (Phi) is 7.59. The zero-order valence-corrected chi connectivity index (χ0v) is 30.7. The van der Waals surface area contributed by atoms with Crippen LogP contribution in [0.3, 0.4) is 0 Å². The SMILES string of the molecule is CCCc1ccc2c(c1)-c1ccccc1C1N=C(c3ccccc3-c3cc(-c4ccccc4)cc4c3sc3ccc(-c5ccccc5)cc34)C=NC21C. The number of fused-ring (bicyclic) bond motifs is 9. The van der Waals surface area contributed by atoms with Gasteiger partial charge in [-0.25, -0.2) is 0 Å². The Labute approximate surface area is 314 Å². The fourth-order valence-electron chi connectivity index (χ4n) is 8.60. The standard InChI is InChI=1S/C50H38N2S/c1-3-14-32-23-25-45-41(27-32)38-20-11-13-22-40(38)49-50(45,2)51-31-46(52-49)39-21-12-10-19-37(39)43-29-36(34-17-8-5-9-18-34)30-44-42-28-35(33-15-6-4-7-16-33)24-26-47(42)53-48(43)44/h4-13,15-31,49H,3,14H2,1-2H3. The Bertz CT molecular complexity index is 2760. The van der Waals surface area contributed by atoms with Crippen LogP contribution in [0.1, 0.15) is 48.6 Å². The van der Waals surface area contributed by atoms with Crippen LogP contribution in [0.15, 0.2) is 168 Å². The van der Waals surface area contributed by atoms with Crippen molar-refractivity contribution in [3.63, 3.8) is 0 Å². The molecule has 2 unspecified atom stereocenters. The van der Waals surface area contributed by atoms with Crippen molar-refractivity contribution in [3.05, 3.63) is 180 Å². The maximum atomic E-state index is 5.65. The van der Waals surface area contributed by atoms with E-state index in [1.165, 1.54) is 81.4 Å². The lowest BCUT2D eigenvalue weighted by Gasteiger charge is -2.41. The van der Waals surface area contributed by atoms with Crippen molar-refractivity contribution in [1.29, 1.82) is 0 Å². The molecule has 0 fully saturated rings. The summed E-state index contributed by atoms with van der Waals surface area (Å²) in [5, 5.41) is 2.57. The Morgan fingerprint density at radius 2 is 1.25 bits per heavy atom. The number of nitrogens with zero attached hydrogens (tertiary/aromatic N) is 2. The number of benzene rings is 7. The topological polar surface area (TPSA) is 24.7 Å². The third-order valence-electron chi connectivity index (χ3n) is 11.2. The van der Waals surface area contributed by atoms with Gasteiger partial charge in [0.05, 0.1) is 5.71 Å². The van der Waals surface area contributed by atoms with Gasteiger partial charge in [-0.2, -0.15) is 0 Å². The van der Waals surface area contributed by atoms with Crippen LogP contribution in [-0.2, 0) is 12.0 Å². The second kappa shape index (κ2) is 12.6. The molecule has 1 aliphatic carbocycles. The third kappa shape index (κ3) is 5.22. The van der Waals surface area contributed by atoms with Gasteiger partial charge in [0.15, 0.2) is 0 Å². The summed E-state index contributed by atoms with van der Waals surface area (Å²) >= 11 is 1.88. The van der Waals surface area contributed by atoms with E-state index in [1.807, 2.05) is 17.6 Å². The van der Waals surface area contributed by atoms with Gasteiger partial charge in [0, 0.05) is 37.5 Å². The number of thiophene rings is 1. The normalized spacial score (nSPS) is 17.3. The van der Waals surface area contributed by atoms with E-state index in [9.17, 15) is 0 Å². The second-order valence-corrected chi connectivity index (χ2v) is 15.6. The van der Waals surface area contributed by atoms with E-state index in [-0.39, 0.29) is 6.04 Å². The van der Waals surface area contributed by atoms with E-state index in [2.05, 4.69) is 172 Å². The molecule has 0 saturated carbocycles. The second-order valence-electron chi connectivity index (χ2n) is 14.5. The average molecular weight is 699 g/mol. The highest BCUT2D eigenvalue weighted by atomic mass is 32.1. The van der Waals surface area contributed by atoms with E-state index in [0.29, 0.717) is 0 Å². The van der Waals surface area contributed by atoms with Gasteiger partial charge >= 0.3 is 0 Å². The molecule has 2 heterocycles. The molecule has 53 heavy (non-hydrogen) atoms. The van der Waals surface area contributed by atoms with Crippen LogP contribution >= 0.6 is 11.3 Å². The van der Waals surface area contributed by atoms with Crippen molar-refractivity contribution in [2.24, 2.45) is 9.98 Å². The van der Waals surface area contributed by atoms with Gasteiger partial charge in [0.25, 0.3) is 0 Å². The average Bonchev–Trinajstić information content (AvgIpc) is 3.59. The molecule has 7 aromatic carbocycles. The summed E-state index contributed by atoms with van der Waals surface area (Å²) in [5.41, 5.74) is 15.3. The maximum Gasteiger partial charge on any atom is 0.110 e. The van der Waals surface area contributed by atoms with Crippen molar-refractivity contribution >= 4 is 43.4 Å². The summed E-state index contributed by atoms with van der Waals surface area (Å²) in [7, 11) is 0. The molecule has 1 aliphatic heterocycles. The van der Waals surface area contributed by atoms with Gasteiger partial charge < -0.3 is 0 Å². The molecule has 10 rings (SSSR count). The number of rotatable bonds is 6. The van der Waals surface area contributed by atoms with Gasteiger partial charge in [-0.05, 0) is 93.2 Å². The van der Waals surface area contributed by atoms with Crippen LogP contribution in [0.2, 0.25) is 0 Å². The van der Waals surface area contributed by atoms with Gasteiger partial charge in [-0.1, -0.05) is 147 Å². The van der Waals surface area contributed by atoms with Crippen LogP contribution in [0.25, 0.3) is 64.7 Å². The first kappa shape index (κ1) is 31.8. The quantitative estimate of drug-likeness (QED) is 0.165. The molecule has 0 saturated heterocycles. The number of hydrogen-bond donors (Lipinski definition) is 0. The fourth-order valence-corrected chi connectivity index (χ4v) is 9.79. The molecule has 1 aromatic heterocycles. The van der Waals surface area contributed by atoms with Gasteiger partial charge in [-0.15, -0.1) is 11.3 Å². The molecule has 0 spiro atoms. The molecule has 0 radical (unpaired) electrons. The number of aliphatic imine (C=N–C) groups is 2. The van der Waals surface area contributed by atoms with Gasteiger partial charge in [-0.3, -0.25) is 9.98 Å². The van der Waals surface area contributed by atoms with Crippen LogP contribution in [0.5, 0.6) is 0 Å². The summed E-state index contributed by atoms with van der Waals surface area (Å²) in [4.78, 5) is 11.1. The zero-order valence-electron chi connectivity index (χ0n) is 29.9. The molecule has 2 atom stereocenters. The minimum atomic E-state index is -0.491. The summed E-state index contributed by atoms with van der Waals surface area (Å²) < 4.78 is 2.57. The first-order chi connectivity index (χ1) is 26.1. The lowest BCUT2D eigenvalue weighted by molar-refractivity contribution is 0.396. The van der Waals surface area contributed by atoms with Crippen molar-refractivity contribution in [3.8, 4) is 44.5 Å². The highest BCUT2D eigenvalue weighted by Crippen LogP contribution is 2.54. The lowest BCUT2D eigenvalue weighted by atomic mass is 9.70. The monoisotopic (exact) mass is 698 g/mol. The molecular formula is C50H38N2S. The van der Waals surface area contributed by atoms with E-state index < -0.39 is 5.54 Å². The molecule has 254 valence electrons. The highest BCUT2D eigenvalue weighted by molar-refractivity contribution is 7.26. The summed E-state index contributed by atoms with van der Waals surface area (Å²) in [6.45, 7) is 4.51. The Hall–Kier alpha value is -5.90. The molecule has 0 amide bonds. The summed E-state index contributed by atoms with van der Waals surface area (Å²) in [6.07, 6.45) is 4.25. The van der Waals surface area contributed by atoms with Gasteiger partial charge in [0.2, 0.25) is 0 Å². The number of hydrogen-bond acceptors (Lipinski definition) is 3. The Balaban J connectivity index is 1.16. The Morgan fingerprint density at radius 3 is 2.02 bits per heavy atom. The summed E-state index contributed by atoms with van der Waals surface area (Å²) in [5.74, 6) is 0. The molecule has 3 heteroatoms. The van der Waals surface area contributed by atoms with E-state index in [0.717, 1.165) is 24.1 Å². The maximum absolute atomic E-state index is 5.65. The zero-order chi connectivity index (χ0) is 35.5. The predicted octanol–water partition coefficient (Wildman–Crippen LogP) is 13.5. The highest BCUT2D eigenvalue weighted by Gasteiger charge is 2.45. The molecular weight excluding hydrogens is 661 g/mol. The van der Waals surface area contributed by atoms with Crippen LogP contribution in [0.4, 0.5) is 0 Å². The molecule has 0 N–H and O–H groups in total. The lowest BCUT2D eigenvalue weighted by Crippen LogP contribution is -2.35. The van der Waals surface area contributed by atoms with E-state index in [1.54, 1.807) is 0 Å². The minimum Gasteiger partial charge on any atom is -0.277 e. The summed E-state index contributed by atoms with van der Waals surface area (Å²) in [6, 6.07) is 57.6. The Morgan fingerprint density at radius 1 is 0.566 bits per heavy atom. The van der Waals surface area contributed by atoms with E-state index >= 15 is 0 Å². The van der Waals surface area contributed by atoms with E-state index in [4.69, 9.17) is 9.98 Å². The molecule has 8 aromatic rings. The van der Waals surface area contributed by atoms with Crippen LogP contribution in [0, 0.1) is 0 Å². The smallest absolute Gasteiger partial charge is 0.110 e. The predicted molar refractivity (Wildman–Crippen MR) is 227 cm³/mol. The molecule has 2 aliphatic rings. The number of aryl methyl sites for hydroxylation is 1. The van der Waals surface area contributed by atoms with Crippen LogP contribution in [-0.4, -0.2) is 11.9 Å². The third-order valence-corrected chi connectivity index (χ3v) is 12.5. The van der Waals surface area contributed by atoms with Gasteiger partial charge in [0.1, 0.15) is 11.6 Å². The van der Waals surface area contributed by atoms with Crippen LogP contribution < -0.4 is 0 Å². The molecule has 2 nitrogen and oxygen atoms in total. The van der Waals surface area contributed by atoms with Crippen molar-refractivity contribution in [1.82, 2.24) is 0 Å². The largest absolute Gasteiger partial charge is 0.277 e. The fraction of sp³-hybridized carbons (Fsp3) is 0.120. The van der Waals surface area contributed by atoms with Crippen molar-refractivity contribution in [2.45, 2.75) is 38.3 Å². The van der Waals surface area contributed by atoms with Crippen molar-refractivity contribution in [2.75, 3.05) is 0 Å². The minimum absolute atomic E-state index is 0.132.